The predicted octanol–water partition coefficient (Wildman–Crippen LogP) is 1.04. The van der Waals surface area contributed by atoms with E-state index < -0.39 is 24.5 Å². The Morgan fingerprint density at radius 1 is 1.26 bits per heavy atom. The second kappa shape index (κ2) is 8.21. The van der Waals surface area contributed by atoms with E-state index in [4.69, 9.17) is 4.74 Å². The molecule has 1 heterocycles. The normalized spacial score (nSPS) is 20.4. The number of imide groups is 1. The molecule has 8 nitrogen and oxygen atoms in total. The van der Waals surface area contributed by atoms with Crippen molar-refractivity contribution in [2.75, 3.05) is 6.61 Å². The summed E-state index contributed by atoms with van der Waals surface area (Å²) in [6.07, 6.45) is 8.20. The van der Waals surface area contributed by atoms with Crippen LogP contribution in [0.4, 0.5) is 4.79 Å². The molecule has 0 unspecified atom stereocenters. The molecule has 1 aliphatic rings. The fourth-order valence-corrected chi connectivity index (χ4v) is 2.51. The number of esters is 1. The van der Waals surface area contributed by atoms with Gasteiger partial charge in [-0.15, -0.1) is 0 Å². The maximum absolute atomic E-state index is 11.8. The van der Waals surface area contributed by atoms with Gasteiger partial charge in [-0.05, 0) is 18.8 Å². The maximum Gasteiger partial charge on any atom is 0.359 e. The molecule has 0 aromatic carbocycles. The van der Waals surface area contributed by atoms with Crippen LogP contribution < -0.4 is 10.6 Å². The first-order valence-corrected chi connectivity index (χ1v) is 7.59. The van der Waals surface area contributed by atoms with E-state index in [0.717, 1.165) is 25.7 Å². The van der Waals surface area contributed by atoms with E-state index in [-0.39, 0.29) is 11.7 Å². The van der Waals surface area contributed by atoms with E-state index >= 15 is 0 Å². The van der Waals surface area contributed by atoms with E-state index in [1.165, 1.54) is 18.6 Å². The molecule has 0 spiro atoms. The van der Waals surface area contributed by atoms with E-state index in [1.54, 1.807) is 0 Å². The summed E-state index contributed by atoms with van der Waals surface area (Å²) in [6, 6.07) is -0.497. The molecule has 2 N–H and O–H groups in total. The maximum atomic E-state index is 11.8. The lowest BCUT2D eigenvalue weighted by Gasteiger charge is -2.29. The fourth-order valence-electron chi connectivity index (χ4n) is 2.51. The van der Waals surface area contributed by atoms with Crippen molar-refractivity contribution in [3.05, 3.63) is 24.3 Å². The number of urea groups is 1. The lowest BCUT2D eigenvalue weighted by molar-refractivity contribution is -0.123. The summed E-state index contributed by atoms with van der Waals surface area (Å²) >= 11 is 0. The zero-order chi connectivity index (χ0) is 16.7. The number of nitrogens with zero attached hydrogens (tertiary/aromatic N) is 2. The Balaban J connectivity index is 1.71. The van der Waals surface area contributed by atoms with Gasteiger partial charge in [0.15, 0.2) is 12.3 Å². The van der Waals surface area contributed by atoms with E-state index in [0.29, 0.717) is 5.92 Å². The number of hydrogen-bond acceptors (Lipinski definition) is 6. The second-order valence-electron chi connectivity index (χ2n) is 5.56. The van der Waals surface area contributed by atoms with Crippen molar-refractivity contribution in [2.24, 2.45) is 5.92 Å². The van der Waals surface area contributed by atoms with Gasteiger partial charge in [0.25, 0.3) is 5.91 Å². The average Bonchev–Trinajstić information content (AvgIpc) is 2.55. The number of ether oxygens (including phenoxy) is 1. The number of aromatic nitrogens is 2. The molecule has 1 saturated carbocycles. The van der Waals surface area contributed by atoms with Crippen LogP contribution in [0.15, 0.2) is 18.6 Å². The van der Waals surface area contributed by atoms with Gasteiger partial charge in [0, 0.05) is 18.4 Å². The van der Waals surface area contributed by atoms with Crippen LogP contribution in [-0.4, -0.2) is 40.5 Å². The quantitative estimate of drug-likeness (QED) is 0.802. The summed E-state index contributed by atoms with van der Waals surface area (Å²) in [7, 11) is 0. The number of carbonyl (C=O) groups excluding carboxylic acids is 3. The highest BCUT2D eigenvalue weighted by Crippen LogP contribution is 2.23. The third kappa shape index (κ3) is 5.32. The van der Waals surface area contributed by atoms with Gasteiger partial charge in [-0.25, -0.2) is 14.6 Å². The summed E-state index contributed by atoms with van der Waals surface area (Å²) in [4.78, 5) is 42.5. The van der Waals surface area contributed by atoms with Crippen molar-refractivity contribution in [3.8, 4) is 0 Å². The molecular formula is C15H20N4O4. The third-order valence-electron chi connectivity index (χ3n) is 3.79. The minimum Gasteiger partial charge on any atom is -0.451 e. The van der Waals surface area contributed by atoms with Crippen molar-refractivity contribution in [3.63, 3.8) is 0 Å². The lowest BCUT2D eigenvalue weighted by atomic mass is 9.86. The first-order valence-electron chi connectivity index (χ1n) is 7.59. The largest absolute Gasteiger partial charge is 0.451 e. The predicted molar refractivity (Wildman–Crippen MR) is 80.4 cm³/mol. The second-order valence-corrected chi connectivity index (χ2v) is 5.56. The highest BCUT2D eigenvalue weighted by atomic mass is 16.5. The molecule has 0 radical (unpaired) electrons. The molecule has 23 heavy (non-hydrogen) atoms. The Kier molecular flexibility index (Phi) is 6.02. The van der Waals surface area contributed by atoms with Gasteiger partial charge in [-0.3, -0.25) is 15.1 Å². The van der Waals surface area contributed by atoms with Crippen molar-refractivity contribution >= 4 is 17.9 Å². The van der Waals surface area contributed by atoms with Gasteiger partial charge in [-0.1, -0.05) is 19.8 Å². The van der Waals surface area contributed by atoms with Crippen LogP contribution in [0, 0.1) is 5.92 Å². The fraction of sp³-hybridized carbons (Fsp3) is 0.533. The molecule has 0 aliphatic heterocycles. The topological polar surface area (TPSA) is 110 Å². The van der Waals surface area contributed by atoms with Crippen molar-refractivity contribution in [1.82, 2.24) is 20.6 Å². The van der Waals surface area contributed by atoms with Gasteiger partial charge in [0.1, 0.15) is 0 Å². The minimum absolute atomic E-state index is 0.000724. The van der Waals surface area contributed by atoms with Crippen molar-refractivity contribution in [1.29, 1.82) is 0 Å². The summed E-state index contributed by atoms with van der Waals surface area (Å²) < 4.78 is 4.77. The molecule has 1 aromatic rings. The SMILES string of the molecule is C[C@H]1CCCC[C@H]1NC(=O)NC(=O)COC(=O)c1cnccn1. The Morgan fingerprint density at radius 2 is 2.04 bits per heavy atom. The van der Waals surface area contributed by atoms with Crippen LogP contribution in [0.5, 0.6) is 0 Å². The van der Waals surface area contributed by atoms with Crippen LogP contribution in [0.25, 0.3) is 0 Å². The van der Waals surface area contributed by atoms with Gasteiger partial charge < -0.3 is 10.1 Å². The Morgan fingerprint density at radius 3 is 2.74 bits per heavy atom. The molecular weight excluding hydrogens is 300 g/mol. The Hall–Kier alpha value is -2.51. The van der Waals surface area contributed by atoms with Crippen LogP contribution >= 0.6 is 0 Å². The molecule has 8 heteroatoms. The number of nitrogens with one attached hydrogen (secondary N) is 2. The molecule has 0 bridgehead atoms. The van der Waals surface area contributed by atoms with Crippen LogP contribution in [-0.2, 0) is 9.53 Å². The molecule has 124 valence electrons. The van der Waals surface area contributed by atoms with E-state index in [1.807, 2.05) is 0 Å². The van der Waals surface area contributed by atoms with Gasteiger partial charge in [0.05, 0.1) is 6.20 Å². The minimum atomic E-state index is -0.769. The van der Waals surface area contributed by atoms with Crippen molar-refractivity contribution in [2.45, 2.75) is 38.6 Å². The highest BCUT2D eigenvalue weighted by Gasteiger charge is 2.23. The number of amides is 3. The summed E-state index contributed by atoms with van der Waals surface area (Å²) in [6.45, 7) is 1.53. The molecule has 1 fully saturated rings. The Labute approximate surface area is 134 Å². The number of rotatable bonds is 4. The monoisotopic (exact) mass is 320 g/mol. The van der Waals surface area contributed by atoms with E-state index in [9.17, 15) is 14.4 Å². The van der Waals surface area contributed by atoms with Gasteiger partial charge in [-0.2, -0.15) is 0 Å². The third-order valence-corrected chi connectivity index (χ3v) is 3.79. The summed E-state index contributed by atoms with van der Waals surface area (Å²) in [5, 5.41) is 4.94. The standard InChI is InChI=1S/C15H20N4O4/c1-10-4-2-3-5-11(10)18-15(22)19-13(20)9-23-14(21)12-8-16-6-7-17-12/h6-8,10-11H,2-5,9H2,1H3,(H2,18,19,20,22)/t10-,11+/m0/s1. The van der Waals surface area contributed by atoms with Gasteiger partial charge >= 0.3 is 12.0 Å². The highest BCUT2D eigenvalue weighted by molar-refractivity contribution is 5.96. The first-order chi connectivity index (χ1) is 11.1. The van der Waals surface area contributed by atoms with E-state index in [2.05, 4.69) is 27.5 Å². The number of hydrogen-bond donors (Lipinski definition) is 2. The van der Waals surface area contributed by atoms with Crippen molar-refractivity contribution < 1.29 is 19.1 Å². The average molecular weight is 320 g/mol. The molecule has 2 atom stereocenters. The zero-order valence-electron chi connectivity index (χ0n) is 12.9. The zero-order valence-corrected chi connectivity index (χ0v) is 12.9. The molecule has 1 aromatic heterocycles. The number of carbonyl (C=O) groups is 3. The Bertz CT molecular complexity index is 564. The molecule has 3 amide bonds. The van der Waals surface area contributed by atoms with Crippen LogP contribution in [0.3, 0.4) is 0 Å². The molecule has 1 aliphatic carbocycles. The van der Waals surface area contributed by atoms with Crippen LogP contribution in [0.1, 0.15) is 43.1 Å². The summed E-state index contributed by atoms with van der Waals surface area (Å²) in [5.41, 5.74) is 0.000724. The van der Waals surface area contributed by atoms with Crippen LogP contribution in [0.2, 0.25) is 0 Å². The smallest absolute Gasteiger partial charge is 0.359 e. The molecule has 0 saturated heterocycles. The summed E-state index contributed by atoms with van der Waals surface area (Å²) in [5.74, 6) is -1.07. The van der Waals surface area contributed by atoms with Gasteiger partial charge in [0.2, 0.25) is 0 Å². The lowest BCUT2D eigenvalue weighted by Crippen LogP contribution is -2.48. The molecule has 2 rings (SSSR count). The first kappa shape index (κ1) is 16.9.